The Balaban J connectivity index is 2.05. The summed E-state index contributed by atoms with van der Waals surface area (Å²) in [6, 6.07) is 19.8. The third-order valence-electron chi connectivity index (χ3n) is 3.87. The quantitative estimate of drug-likeness (QED) is 0.731. The van der Waals surface area contributed by atoms with Crippen molar-refractivity contribution in [2.45, 2.75) is 18.9 Å². The summed E-state index contributed by atoms with van der Waals surface area (Å²) in [6.07, 6.45) is 1.21. The molecule has 0 fully saturated rings. The van der Waals surface area contributed by atoms with Gasteiger partial charge in [0.25, 0.3) is 0 Å². The van der Waals surface area contributed by atoms with E-state index in [0.29, 0.717) is 5.92 Å². The van der Waals surface area contributed by atoms with Crippen LogP contribution in [0, 0.1) is 0 Å². The number of hydrogen-bond acceptors (Lipinski definition) is 1. The Bertz CT molecular complexity index is 518. The smallest absolute Gasteiger partial charge is 0.0233 e. The minimum Gasteiger partial charge on any atom is -0.302 e. The summed E-state index contributed by atoms with van der Waals surface area (Å²) in [4.78, 5) is 2.42. The van der Waals surface area contributed by atoms with Crippen LogP contribution in [0.4, 0.5) is 0 Å². The van der Waals surface area contributed by atoms with Crippen LogP contribution in [0.5, 0.6) is 0 Å². The number of rotatable bonds is 1. The topological polar surface area (TPSA) is 3.24 Å². The highest BCUT2D eigenvalue weighted by Gasteiger charge is 2.21. The largest absolute Gasteiger partial charge is 0.302 e. The van der Waals surface area contributed by atoms with Crippen molar-refractivity contribution in [3.05, 3.63) is 71.3 Å². The van der Waals surface area contributed by atoms with Gasteiger partial charge in [-0.25, -0.2) is 0 Å². The number of hydrogen-bond donors (Lipinski definition) is 0. The second kappa shape index (κ2) is 4.95. The monoisotopic (exact) mass is 237 g/mol. The molecular formula is C17H19N. The zero-order chi connectivity index (χ0) is 12.4. The summed E-state index contributed by atoms with van der Waals surface area (Å²) >= 11 is 0. The first-order valence-corrected chi connectivity index (χ1v) is 6.66. The van der Waals surface area contributed by atoms with Gasteiger partial charge in [-0.3, -0.25) is 0 Å². The lowest BCUT2D eigenvalue weighted by atomic mass is 9.87. The normalized spacial score (nSPS) is 20.2. The zero-order valence-electron chi connectivity index (χ0n) is 10.8. The molecule has 0 N–H and O–H groups in total. The van der Waals surface area contributed by atoms with Gasteiger partial charge in [-0.05, 0) is 36.7 Å². The summed E-state index contributed by atoms with van der Waals surface area (Å²) in [5.41, 5.74) is 4.43. The summed E-state index contributed by atoms with van der Waals surface area (Å²) in [5.74, 6) is 0.548. The van der Waals surface area contributed by atoms with Gasteiger partial charge in [-0.2, -0.15) is 0 Å². The Morgan fingerprint density at radius 3 is 2.50 bits per heavy atom. The van der Waals surface area contributed by atoms with Crippen molar-refractivity contribution in [3.8, 4) is 0 Å². The molecule has 1 atom stereocenters. The molecule has 0 aromatic heterocycles. The molecule has 18 heavy (non-hydrogen) atoms. The van der Waals surface area contributed by atoms with Crippen molar-refractivity contribution in [2.75, 3.05) is 13.6 Å². The highest BCUT2D eigenvalue weighted by molar-refractivity contribution is 5.38. The van der Waals surface area contributed by atoms with E-state index in [0.717, 1.165) is 13.1 Å². The maximum absolute atomic E-state index is 2.42. The van der Waals surface area contributed by atoms with Gasteiger partial charge in [-0.15, -0.1) is 0 Å². The van der Waals surface area contributed by atoms with E-state index < -0.39 is 0 Å². The molecule has 1 heteroatoms. The molecule has 1 nitrogen and oxygen atoms in total. The minimum absolute atomic E-state index is 0.548. The molecule has 92 valence electrons. The first kappa shape index (κ1) is 11.5. The van der Waals surface area contributed by atoms with E-state index in [1.807, 2.05) is 0 Å². The van der Waals surface area contributed by atoms with Crippen molar-refractivity contribution in [2.24, 2.45) is 0 Å². The van der Waals surface area contributed by atoms with Gasteiger partial charge in [0, 0.05) is 12.5 Å². The van der Waals surface area contributed by atoms with E-state index in [-0.39, 0.29) is 0 Å². The highest BCUT2D eigenvalue weighted by Crippen LogP contribution is 2.33. The molecule has 3 rings (SSSR count). The van der Waals surface area contributed by atoms with Crippen molar-refractivity contribution in [1.29, 1.82) is 0 Å². The van der Waals surface area contributed by atoms with Gasteiger partial charge in [0.05, 0.1) is 0 Å². The molecule has 1 heterocycles. The third kappa shape index (κ3) is 2.19. The van der Waals surface area contributed by atoms with E-state index in [4.69, 9.17) is 0 Å². The second-order valence-corrected chi connectivity index (χ2v) is 5.19. The zero-order valence-corrected chi connectivity index (χ0v) is 10.8. The fourth-order valence-corrected chi connectivity index (χ4v) is 2.92. The average molecular weight is 237 g/mol. The summed E-state index contributed by atoms with van der Waals surface area (Å²) in [5, 5.41) is 0. The van der Waals surface area contributed by atoms with Crippen LogP contribution in [-0.2, 0) is 6.54 Å². The van der Waals surface area contributed by atoms with Crippen LogP contribution < -0.4 is 0 Å². The van der Waals surface area contributed by atoms with Gasteiger partial charge in [0.1, 0.15) is 0 Å². The Labute approximate surface area is 109 Å². The summed E-state index contributed by atoms with van der Waals surface area (Å²) in [7, 11) is 2.21. The lowest BCUT2D eigenvalue weighted by molar-refractivity contribution is 0.328. The van der Waals surface area contributed by atoms with Crippen molar-refractivity contribution in [1.82, 2.24) is 4.90 Å². The SMILES string of the molecule is CN1CCC(c2ccccc2)c2ccccc2C1. The molecule has 0 saturated heterocycles. The number of fused-ring (bicyclic) bond motifs is 1. The van der Waals surface area contributed by atoms with Gasteiger partial charge < -0.3 is 4.90 Å². The van der Waals surface area contributed by atoms with E-state index >= 15 is 0 Å². The molecule has 2 aromatic rings. The number of nitrogens with zero attached hydrogens (tertiary/aromatic N) is 1. The number of benzene rings is 2. The van der Waals surface area contributed by atoms with Crippen LogP contribution in [0.1, 0.15) is 29.0 Å². The van der Waals surface area contributed by atoms with Gasteiger partial charge in [0.15, 0.2) is 0 Å². The lowest BCUT2D eigenvalue weighted by Gasteiger charge is -2.17. The van der Waals surface area contributed by atoms with Gasteiger partial charge >= 0.3 is 0 Å². The molecule has 0 radical (unpaired) electrons. The molecule has 0 spiro atoms. The van der Waals surface area contributed by atoms with Crippen molar-refractivity contribution >= 4 is 0 Å². The van der Waals surface area contributed by atoms with Crippen LogP contribution in [-0.4, -0.2) is 18.5 Å². The van der Waals surface area contributed by atoms with Crippen LogP contribution >= 0.6 is 0 Å². The molecular weight excluding hydrogens is 218 g/mol. The molecule has 1 aliphatic rings. The fourth-order valence-electron chi connectivity index (χ4n) is 2.92. The molecule has 0 aliphatic carbocycles. The van der Waals surface area contributed by atoms with E-state index in [1.54, 1.807) is 0 Å². The Morgan fingerprint density at radius 2 is 1.67 bits per heavy atom. The van der Waals surface area contributed by atoms with E-state index in [9.17, 15) is 0 Å². The second-order valence-electron chi connectivity index (χ2n) is 5.19. The fraction of sp³-hybridized carbons (Fsp3) is 0.294. The molecule has 0 amide bonds. The van der Waals surface area contributed by atoms with Crippen LogP contribution in [0.15, 0.2) is 54.6 Å². The average Bonchev–Trinajstić information content (AvgIpc) is 2.58. The van der Waals surface area contributed by atoms with Gasteiger partial charge in [0.2, 0.25) is 0 Å². The molecule has 2 aromatic carbocycles. The Hall–Kier alpha value is -1.60. The Morgan fingerprint density at radius 1 is 0.944 bits per heavy atom. The first-order valence-electron chi connectivity index (χ1n) is 6.66. The van der Waals surface area contributed by atoms with Crippen LogP contribution in [0.3, 0.4) is 0 Å². The van der Waals surface area contributed by atoms with Crippen molar-refractivity contribution < 1.29 is 0 Å². The van der Waals surface area contributed by atoms with Crippen LogP contribution in [0.25, 0.3) is 0 Å². The predicted molar refractivity (Wildman–Crippen MR) is 75.7 cm³/mol. The van der Waals surface area contributed by atoms with Crippen molar-refractivity contribution in [3.63, 3.8) is 0 Å². The van der Waals surface area contributed by atoms with E-state index in [2.05, 4.69) is 66.5 Å². The molecule has 0 bridgehead atoms. The maximum atomic E-state index is 2.42. The lowest BCUT2D eigenvalue weighted by Crippen LogP contribution is -2.17. The standard InChI is InChI=1S/C17H19N/c1-18-12-11-17(14-7-3-2-4-8-14)16-10-6-5-9-15(16)13-18/h2-10,17H,11-13H2,1H3. The van der Waals surface area contributed by atoms with Crippen LogP contribution in [0.2, 0.25) is 0 Å². The Kier molecular flexibility index (Phi) is 3.16. The van der Waals surface area contributed by atoms with E-state index in [1.165, 1.54) is 23.1 Å². The van der Waals surface area contributed by atoms with Gasteiger partial charge in [-0.1, -0.05) is 54.6 Å². The molecule has 0 saturated carbocycles. The molecule has 1 aliphatic heterocycles. The first-order chi connectivity index (χ1) is 8.84. The predicted octanol–water partition coefficient (Wildman–Crippen LogP) is 3.65. The highest BCUT2D eigenvalue weighted by atomic mass is 15.1. The minimum atomic E-state index is 0.548. The maximum Gasteiger partial charge on any atom is 0.0233 e. The molecule has 1 unspecified atom stereocenters. The summed E-state index contributed by atoms with van der Waals surface area (Å²) < 4.78 is 0. The summed E-state index contributed by atoms with van der Waals surface area (Å²) in [6.45, 7) is 2.23. The third-order valence-corrected chi connectivity index (χ3v) is 3.87.